The van der Waals surface area contributed by atoms with E-state index in [1.165, 1.54) is 31.3 Å². The monoisotopic (exact) mass is 238 g/mol. The van der Waals surface area contributed by atoms with Crippen molar-refractivity contribution < 1.29 is 0 Å². The normalized spacial score (nSPS) is 27.6. The summed E-state index contributed by atoms with van der Waals surface area (Å²) in [5, 5.41) is 0. The van der Waals surface area contributed by atoms with Crippen LogP contribution in [0.1, 0.15) is 60.3 Å². The fourth-order valence-electron chi connectivity index (χ4n) is 3.02. The lowest BCUT2D eigenvalue weighted by Crippen LogP contribution is -2.41. The second-order valence-electron chi connectivity index (χ2n) is 6.91. The summed E-state index contributed by atoms with van der Waals surface area (Å²) in [6.07, 6.45) is 7.59. The molecule has 17 heavy (non-hydrogen) atoms. The average molecular weight is 238 g/mol. The lowest BCUT2D eigenvalue weighted by atomic mass is 9.68. The van der Waals surface area contributed by atoms with Crippen molar-refractivity contribution in [3.63, 3.8) is 0 Å². The van der Waals surface area contributed by atoms with Gasteiger partial charge in [-0.3, -0.25) is 11.3 Å². The molecule has 2 heteroatoms. The van der Waals surface area contributed by atoms with Crippen LogP contribution in [-0.2, 0) is 0 Å². The molecule has 0 aromatic heterocycles. The van der Waals surface area contributed by atoms with E-state index in [1.54, 1.807) is 0 Å². The van der Waals surface area contributed by atoms with E-state index in [1.807, 2.05) is 0 Å². The smallest absolute Gasteiger partial charge is 0.0421 e. The molecule has 1 aliphatic carbocycles. The van der Waals surface area contributed by atoms with Crippen molar-refractivity contribution in [2.45, 2.75) is 66.3 Å². The summed E-state index contributed by atoms with van der Waals surface area (Å²) in [6, 6.07) is 0.362. The second kappa shape index (κ2) is 6.01. The van der Waals surface area contributed by atoms with Gasteiger partial charge in [-0.05, 0) is 56.8 Å². The summed E-state index contributed by atoms with van der Waals surface area (Å²) < 4.78 is 0. The minimum atomic E-state index is 0.362. The van der Waals surface area contributed by atoms with Gasteiger partial charge in [-0.2, -0.15) is 0 Å². The zero-order chi connectivity index (χ0) is 13.1. The first-order chi connectivity index (χ1) is 7.84. The van der Waals surface area contributed by atoms with Crippen LogP contribution in [0.3, 0.4) is 0 Å². The van der Waals surface area contributed by atoms with Crippen LogP contribution in [0.2, 0.25) is 0 Å². The maximum Gasteiger partial charge on any atom is 0.0421 e. The van der Waals surface area contributed by atoms with Crippen LogP contribution in [0.15, 0.2) is 11.6 Å². The third-order valence-electron chi connectivity index (χ3n) is 4.21. The Morgan fingerprint density at radius 3 is 2.06 bits per heavy atom. The zero-order valence-electron chi connectivity index (χ0n) is 12.2. The van der Waals surface area contributed by atoms with Crippen LogP contribution < -0.4 is 11.3 Å². The van der Waals surface area contributed by atoms with Gasteiger partial charge in [0.05, 0.1) is 0 Å². The largest absolute Gasteiger partial charge is 0.271 e. The van der Waals surface area contributed by atoms with Gasteiger partial charge in [-0.15, -0.1) is 0 Å². The number of hydrogen-bond acceptors (Lipinski definition) is 2. The van der Waals surface area contributed by atoms with Crippen LogP contribution in [0, 0.1) is 17.3 Å². The van der Waals surface area contributed by atoms with Gasteiger partial charge in [0.25, 0.3) is 0 Å². The first kappa shape index (κ1) is 14.7. The minimum Gasteiger partial charge on any atom is -0.271 e. The van der Waals surface area contributed by atoms with Gasteiger partial charge < -0.3 is 0 Å². The van der Waals surface area contributed by atoms with Gasteiger partial charge in [0.15, 0.2) is 0 Å². The van der Waals surface area contributed by atoms with Crippen molar-refractivity contribution >= 4 is 0 Å². The number of allylic oxidation sites excluding steroid dienone is 1. The molecule has 1 unspecified atom stereocenters. The van der Waals surface area contributed by atoms with Gasteiger partial charge in [0, 0.05) is 6.04 Å². The van der Waals surface area contributed by atoms with Gasteiger partial charge in [0.1, 0.15) is 0 Å². The standard InChI is InChI=1S/C15H30N2/c1-11(2)10-14(17-16)12-6-8-13(9-7-12)15(3,4)5/h10,12-14,17H,6-9,16H2,1-5H3. The van der Waals surface area contributed by atoms with Crippen molar-refractivity contribution in [2.75, 3.05) is 0 Å². The molecule has 0 spiro atoms. The molecule has 0 aromatic rings. The molecule has 0 saturated heterocycles. The van der Waals surface area contributed by atoms with E-state index in [-0.39, 0.29) is 0 Å². The molecule has 1 aliphatic rings. The topological polar surface area (TPSA) is 38.0 Å². The Labute approximate surface area is 107 Å². The van der Waals surface area contributed by atoms with E-state index in [0.29, 0.717) is 17.4 Å². The lowest BCUT2D eigenvalue weighted by Gasteiger charge is -2.38. The third-order valence-corrected chi connectivity index (χ3v) is 4.21. The zero-order valence-corrected chi connectivity index (χ0v) is 12.2. The van der Waals surface area contributed by atoms with Crippen LogP contribution in [-0.4, -0.2) is 6.04 Å². The van der Waals surface area contributed by atoms with E-state index >= 15 is 0 Å². The van der Waals surface area contributed by atoms with Crippen LogP contribution >= 0.6 is 0 Å². The van der Waals surface area contributed by atoms with E-state index in [4.69, 9.17) is 5.84 Å². The molecule has 0 aromatic carbocycles. The molecule has 100 valence electrons. The predicted molar refractivity (Wildman–Crippen MR) is 75.4 cm³/mol. The molecule has 1 rings (SSSR count). The fourth-order valence-corrected chi connectivity index (χ4v) is 3.02. The summed E-state index contributed by atoms with van der Waals surface area (Å²) >= 11 is 0. The maximum atomic E-state index is 5.68. The number of hydrogen-bond donors (Lipinski definition) is 2. The molecule has 0 heterocycles. The van der Waals surface area contributed by atoms with E-state index in [9.17, 15) is 0 Å². The SMILES string of the molecule is CC(C)=CC(NN)C1CCC(C(C)(C)C)CC1. The number of rotatable bonds is 3. The minimum absolute atomic E-state index is 0.362. The highest BCUT2D eigenvalue weighted by molar-refractivity contribution is 5.03. The summed E-state index contributed by atoms with van der Waals surface area (Å²) in [6.45, 7) is 11.4. The number of nitrogens with two attached hydrogens (primary N) is 1. The number of nitrogens with one attached hydrogen (secondary N) is 1. The molecule has 0 amide bonds. The molecule has 0 bridgehead atoms. The van der Waals surface area contributed by atoms with Gasteiger partial charge in [-0.25, -0.2) is 0 Å². The summed E-state index contributed by atoms with van der Waals surface area (Å²) in [7, 11) is 0. The lowest BCUT2D eigenvalue weighted by molar-refractivity contribution is 0.140. The summed E-state index contributed by atoms with van der Waals surface area (Å²) in [5.74, 6) is 7.27. The van der Waals surface area contributed by atoms with Crippen molar-refractivity contribution in [2.24, 2.45) is 23.1 Å². The maximum absolute atomic E-state index is 5.68. The van der Waals surface area contributed by atoms with Crippen molar-refractivity contribution in [1.29, 1.82) is 0 Å². The van der Waals surface area contributed by atoms with Crippen molar-refractivity contribution in [1.82, 2.24) is 5.43 Å². The van der Waals surface area contributed by atoms with Crippen molar-refractivity contribution in [3.05, 3.63) is 11.6 Å². The molecule has 1 atom stereocenters. The molecule has 0 radical (unpaired) electrons. The quantitative estimate of drug-likeness (QED) is 0.447. The first-order valence-electron chi connectivity index (χ1n) is 6.95. The molecular weight excluding hydrogens is 208 g/mol. The van der Waals surface area contributed by atoms with Gasteiger partial charge >= 0.3 is 0 Å². The molecule has 2 nitrogen and oxygen atoms in total. The highest BCUT2D eigenvalue weighted by Gasteiger charge is 2.31. The fraction of sp³-hybridized carbons (Fsp3) is 0.867. The Morgan fingerprint density at radius 2 is 1.71 bits per heavy atom. The Hall–Kier alpha value is -0.340. The molecule has 1 saturated carbocycles. The summed E-state index contributed by atoms with van der Waals surface area (Å²) in [5.41, 5.74) is 4.80. The Kier molecular flexibility index (Phi) is 5.21. The molecule has 1 fully saturated rings. The highest BCUT2D eigenvalue weighted by Crippen LogP contribution is 2.40. The molecular formula is C15H30N2. The van der Waals surface area contributed by atoms with Crippen LogP contribution in [0.4, 0.5) is 0 Å². The predicted octanol–water partition coefficient (Wildman–Crippen LogP) is 3.64. The Morgan fingerprint density at radius 1 is 1.18 bits per heavy atom. The van der Waals surface area contributed by atoms with Crippen LogP contribution in [0.25, 0.3) is 0 Å². The first-order valence-corrected chi connectivity index (χ1v) is 6.95. The van der Waals surface area contributed by atoms with E-state index in [2.05, 4.69) is 46.1 Å². The van der Waals surface area contributed by atoms with E-state index < -0.39 is 0 Å². The number of hydrazine groups is 1. The molecule has 0 aliphatic heterocycles. The molecule has 3 N–H and O–H groups in total. The average Bonchev–Trinajstić information content (AvgIpc) is 2.24. The third kappa shape index (κ3) is 4.44. The Balaban J connectivity index is 2.53. The van der Waals surface area contributed by atoms with Gasteiger partial charge in [0.2, 0.25) is 0 Å². The van der Waals surface area contributed by atoms with Crippen LogP contribution in [0.5, 0.6) is 0 Å². The second-order valence-corrected chi connectivity index (χ2v) is 6.91. The van der Waals surface area contributed by atoms with E-state index in [0.717, 1.165) is 5.92 Å². The summed E-state index contributed by atoms with van der Waals surface area (Å²) in [4.78, 5) is 0. The highest BCUT2D eigenvalue weighted by atomic mass is 15.2. The van der Waals surface area contributed by atoms with Crippen molar-refractivity contribution in [3.8, 4) is 0 Å². The Bertz CT molecular complexity index is 251. The van der Waals surface area contributed by atoms with Gasteiger partial charge in [-0.1, -0.05) is 32.4 Å².